The topological polar surface area (TPSA) is 50.1 Å². The molecule has 1 rings (SSSR count). The Hall–Kier alpha value is -1.48. The molecular formula is C11H8BrF2NO2. The highest BCUT2D eigenvalue weighted by atomic mass is 79.9. The summed E-state index contributed by atoms with van der Waals surface area (Å²) in [6.07, 6.45) is 0. The zero-order valence-electron chi connectivity index (χ0n) is 8.78. The highest BCUT2D eigenvalue weighted by Gasteiger charge is 2.17. The minimum atomic E-state index is -2.96. The summed E-state index contributed by atoms with van der Waals surface area (Å²) in [5.74, 6) is -0.430. The second-order valence-corrected chi connectivity index (χ2v) is 4.55. The SMILES string of the molecule is CC(Br)C(=O)c1ccc(OC(F)F)cc1C#N. The number of ether oxygens (including phenoxy) is 1. The van der Waals surface area contributed by atoms with Gasteiger partial charge in [-0.2, -0.15) is 14.0 Å². The third-order valence-electron chi connectivity index (χ3n) is 1.96. The predicted molar refractivity (Wildman–Crippen MR) is 60.5 cm³/mol. The van der Waals surface area contributed by atoms with Crippen molar-refractivity contribution < 1.29 is 18.3 Å². The van der Waals surface area contributed by atoms with Gasteiger partial charge in [0.1, 0.15) is 11.8 Å². The number of halogens is 3. The lowest BCUT2D eigenvalue weighted by Gasteiger charge is -2.08. The molecule has 0 heterocycles. The Morgan fingerprint density at radius 1 is 1.53 bits per heavy atom. The molecule has 1 aromatic rings. The normalized spacial score (nSPS) is 12.0. The molecule has 1 atom stereocenters. The Bertz CT molecular complexity index is 469. The summed E-state index contributed by atoms with van der Waals surface area (Å²) in [7, 11) is 0. The lowest BCUT2D eigenvalue weighted by molar-refractivity contribution is -0.0498. The Kier molecular flexibility index (Phi) is 4.58. The van der Waals surface area contributed by atoms with Crippen LogP contribution in [0.3, 0.4) is 0 Å². The molecule has 0 radical (unpaired) electrons. The number of nitriles is 1. The number of carbonyl (C=O) groups is 1. The smallest absolute Gasteiger partial charge is 0.387 e. The van der Waals surface area contributed by atoms with Gasteiger partial charge in [-0.15, -0.1) is 0 Å². The van der Waals surface area contributed by atoms with E-state index in [1.54, 1.807) is 13.0 Å². The van der Waals surface area contributed by atoms with Crippen LogP contribution in [-0.4, -0.2) is 17.2 Å². The van der Waals surface area contributed by atoms with E-state index in [0.717, 1.165) is 6.07 Å². The van der Waals surface area contributed by atoms with Crippen molar-refractivity contribution >= 4 is 21.7 Å². The summed E-state index contributed by atoms with van der Waals surface area (Å²) in [6.45, 7) is -1.34. The molecule has 0 spiro atoms. The highest BCUT2D eigenvalue weighted by molar-refractivity contribution is 9.10. The summed E-state index contributed by atoms with van der Waals surface area (Å²) in [4.78, 5) is 11.2. The summed E-state index contributed by atoms with van der Waals surface area (Å²) in [6, 6.07) is 5.43. The first kappa shape index (κ1) is 13.6. The van der Waals surface area contributed by atoms with Gasteiger partial charge in [-0.1, -0.05) is 15.9 Å². The molecule has 0 aliphatic carbocycles. The number of alkyl halides is 3. The average Bonchev–Trinajstić information content (AvgIpc) is 2.27. The zero-order valence-corrected chi connectivity index (χ0v) is 10.4. The van der Waals surface area contributed by atoms with E-state index < -0.39 is 11.4 Å². The lowest BCUT2D eigenvalue weighted by atomic mass is 10.0. The van der Waals surface area contributed by atoms with Crippen LogP contribution in [0.2, 0.25) is 0 Å². The summed E-state index contributed by atoms with van der Waals surface area (Å²) in [5.41, 5.74) is 0.193. The van der Waals surface area contributed by atoms with Crippen molar-refractivity contribution in [3.05, 3.63) is 29.3 Å². The fourth-order valence-electron chi connectivity index (χ4n) is 1.22. The second kappa shape index (κ2) is 5.73. The number of hydrogen-bond acceptors (Lipinski definition) is 3. The van der Waals surface area contributed by atoms with Crippen molar-refractivity contribution in [3.63, 3.8) is 0 Å². The molecule has 90 valence electrons. The molecule has 0 N–H and O–H groups in total. The van der Waals surface area contributed by atoms with Gasteiger partial charge in [0, 0.05) is 5.56 Å². The molecular weight excluding hydrogens is 296 g/mol. The molecule has 0 fully saturated rings. The van der Waals surface area contributed by atoms with E-state index in [2.05, 4.69) is 20.7 Å². The maximum atomic E-state index is 12.0. The lowest BCUT2D eigenvalue weighted by Crippen LogP contribution is -2.12. The van der Waals surface area contributed by atoms with Crippen molar-refractivity contribution in [3.8, 4) is 11.8 Å². The molecule has 3 nitrogen and oxygen atoms in total. The van der Waals surface area contributed by atoms with Crippen molar-refractivity contribution in [1.29, 1.82) is 5.26 Å². The third kappa shape index (κ3) is 3.49. The van der Waals surface area contributed by atoms with Crippen LogP contribution in [0.4, 0.5) is 8.78 Å². The van der Waals surface area contributed by atoms with Crippen LogP contribution in [-0.2, 0) is 0 Å². The summed E-state index contributed by atoms with van der Waals surface area (Å²) in [5, 5.41) is 8.85. The third-order valence-corrected chi connectivity index (χ3v) is 2.38. The van der Waals surface area contributed by atoms with Gasteiger partial charge in [-0.3, -0.25) is 4.79 Å². The molecule has 0 amide bonds. The zero-order chi connectivity index (χ0) is 13.0. The van der Waals surface area contributed by atoms with Crippen LogP contribution >= 0.6 is 15.9 Å². The number of carbonyl (C=O) groups excluding carboxylic acids is 1. The monoisotopic (exact) mass is 303 g/mol. The van der Waals surface area contributed by atoms with Crippen molar-refractivity contribution in [2.45, 2.75) is 18.4 Å². The first-order valence-corrected chi connectivity index (χ1v) is 5.54. The van der Waals surface area contributed by atoms with Crippen molar-refractivity contribution in [2.24, 2.45) is 0 Å². The number of ketones is 1. The molecule has 0 aliphatic rings. The Labute approximate surface area is 105 Å². The first-order valence-electron chi connectivity index (χ1n) is 4.63. The summed E-state index contributed by atoms with van der Waals surface area (Å²) >= 11 is 3.09. The van der Waals surface area contributed by atoms with Gasteiger partial charge in [-0.25, -0.2) is 0 Å². The van der Waals surface area contributed by atoms with E-state index in [1.807, 2.05) is 0 Å². The van der Waals surface area contributed by atoms with Crippen molar-refractivity contribution in [2.75, 3.05) is 0 Å². The fourth-order valence-corrected chi connectivity index (χ4v) is 1.47. The number of hydrogen-bond donors (Lipinski definition) is 0. The predicted octanol–water partition coefficient (Wildman–Crippen LogP) is 3.13. The van der Waals surface area contributed by atoms with Gasteiger partial charge in [-0.05, 0) is 25.1 Å². The van der Waals surface area contributed by atoms with E-state index >= 15 is 0 Å². The van der Waals surface area contributed by atoms with Crippen LogP contribution in [0.25, 0.3) is 0 Å². The number of Topliss-reactive ketones (excluding diaryl/α,β-unsaturated/α-hetero) is 1. The average molecular weight is 304 g/mol. The van der Waals surface area contributed by atoms with Crippen LogP contribution in [0.5, 0.6) is 5.75 Å². The molecule has 0 aromatic heterocycles. The molecule has 1 unspecified atom stereocenters. The highest BCUT2D eigenvalue weighted by Crippen LogP contribution is 2.21. The molecule has 0 aliphatic heterocycles. The number of rotatable bonds is 4. The van der Waals surface area contributed by atoms with Gasteiger partial charge in [0.15, 0.2) is 5.78 Å². The quantitative estimate of drug-likeness (QED) is 0.634. The summed E-state index contributed by atoms with van der Waals surface area (Å²) < 4.78 is 28.1. The minimum absolute atomic E-state index is 0.0134. The second-order valence-electron chi connectivity index (χ2n) is 3.18. The largest absolute Gasteiger partial charge is 0.435 e. The molecule has 1 aromatic carbocycles. The van der Waals surface area contributed by atoms with E-state index in [9.17, 15) is 13.6 Å². The maximum Gasteiger partial charge on any atom is 0.387 e. The van der Waals surface area contributed by atoms with E-state index in [4.69, 9.17) is 5.26 Å². The van der Waals surface area contributed by atoms with E-state index in [0.29, 0.717) is 0 Å². The molecule has 17 heavy (non-hydrogen) atoms. The van der Waals surface area contributed by atoms with E-state index in [-0.39, 0.29) is 22.7 Å². The van der Waals surface area contributed by atoms with Gasteiger partial charge < -0.3 is 4.74 Å². The first-order chi connectivity index (χ1) is 7.95. The van der Waals surface area contributed by atoms with Crippen LogP contribution < -0.4 is 4.74 Å². The van der Waals surface area contributed by atoms with E-state index in [1.165, 1.54) is 12.1 Å². The number of benzene rings is 1. The molecule has 0 saturated heterocycles. The fraction of sp³-hybridized carbons (Fsp3) is 0.273. The Morgan fingerprint density at radius 2 is 2.18 bits per heavy atom. The molecule has 0 saturated carbocycles. The van der Waals surface area contributed by atoms with Crippen molar-refractivity contribution in [1.82, 2.24) is 0 Å². The maximum absolute atomic E-state index is 12.0. The van der Waals surface area contributed by atoms with Gasteiger partial charge in [0.05, 0.1) is 10.4 Å². The minimum Gasteiger partial charge on any atom is -0.435 e. The van der Waals surface area contributed by atoms with Gasteiger partial charge in [0.2, 0.25) is 0 Å². The van der Waals surface area contributed by atoms with Crippen LogP contribution in [0.1, 0.15) is 22.8 Å². The Balaban J connectivity index is 3.11. The van der Waals surface area contributed by atoms with Gasteiger partial charge in [0.25, 0.3) is 0 Å². The standard InChI is InChI=1S/C11H8BrF2NO2/c1-6(12)10(16)9-3-2-8(17-11(13)14)4-7(9)5-15/h2-4,6,11H,1H3. The number of nitrogens with zero attached hydrogens (tertiary/aromatic N) is 1. The molecule has 6 heteroatoms. The molecule has 0 bridgehead atoms. The Morgan fingerprint density at radius 3 is 2.65 bits per heavy atom. The van der Waals surface area contributed by atoms with Gasteiger partial charge >= 0.3 is 6.61 Å². The van der Waals surface area contributed by atoms with Crippen LogP contribution in [0.15, 0.2) is 18.2 Å². The van der Waals surface area contributed by atoms with Crippen LogP contribution in [0, 0.1) is 11.3 Å².